The van der Waals surface area contributed by atoms with Gasteiger partial charge in [0.2, 0.25) is 5.82 Å². The Morgan fingerprint density at radius 1 is 1.14 bits per heavy atom. The van der Waals surface area contributed by atoms with Crippen molar-refractivity contribution in [1.29, 1.82) is 0 Å². The fourth-order valence-corrected chi connectivity index (χ4v) is 4.40. The van der Waals surface area contributed by atoms with Crippen molar-refractivity contribution < 1.29 is 18.0 Å². The Labute approximate surface area is 165 Å². The van der Waals surface area contributed by atoms with Gasteiger partial charge >= 0.3 is 0 Å². The van der Waals surface area contributed by atoms with Gasteiger partial charge in [-0.3, -0.25) is 9.36 Å². The van der Waals surface area contributed by atoms with Crippen LogP contribution in [0.15, 0.2) is 46.2 Å². The third-order valence-corrected chi connectivity index (χ3v) is 5.86. The molecular formula is C20H19F2N3O2S. The second kappa shape index (κ2) is 8.26. The van der Waals surface area contributed by atoms with Crippen LogP contribution in [0.25, 0.3) is 11.6 Å². The lowest BCUT2D eigenvalue weighted by molar-refractivity contribution is 0.102. The number of Topliss-reactive ketones (excluding diaryl/α,β-unsaturated/α-hetero) is 1. The highest BCUT2D eigenvalue weighted by Crippen LogP contribution is 2.35. The molecule has 0 saturated heterocycles. The van der Waals surface area contributed by atoms with Crippen LogP contribution in [0.2, 0.25) is 0 Å². The van der Waals surface area contributed by atoms with Gasteiger partial charge in [-0.15, -0.1) is 10.2 Å². The summed E-state index contributed by atoms with van der Waals surface area (Å²) in [7, 11) is 0. The van der Waals surface area contributed by atoms with Crippen molar-refractivity contribution in [2.24, 2.45) is 0 Å². The number of rotatable bonds is 6. The van der Waals surface area contributed by atoms with E-state index in [9.17, 15) is 13.6 Å². The van der Waals surface area contributed by atoms with Gasteiger partial charge in [0.05, 0.1) is 12.0 Å². The van der Waals surface area contributed by atoms with E-state index in [1.54, 1.807) is 12.3 Å². The molecule has 5 nitrogen and oxygen atoms in total. The Hall–Kier alpha value is -2.48. The molecule has 1 fully saturated rings. The average Bonchev–Trinajstić information content (AvgIpc) is 3.38. The summed E-state index contributed by atoms with van der Waals surface area (Å²) in [6, 6.07) is 7.08. The molecule has 2 aromatic heterocycles. The predicted octanol–water partition coefficient (Wildman–Crippen LogP) is 5.30. The van der Waals surface area contributed by atoms with Crippen LogP contribution in [0.4, 0.5) is 8.78 Å². The topological polar surface area (TPSA) is 60.9 Å². The van der Waals surface area contributed by atoms with E-state index in [0.717, 1.165) is 37.8 Å². The molecule has 1 saturated carbocycles. The zero-order valence-electron chi connectivity index (χ0n) is 15.1. The second-order valence-electron chi connectivity index (χ2n) is 6.79. The number of hydrogen-bond donors (Lipinski definition) is 0. The van der Waals surface area contributed by atoms with Crippen molar-refractivity contribution in [2.75, 3.05) is 5.75 Å². The fourth-order valence-electron chi connectivity index (χ4n) is 3.50. The smallest absolute Gasteiger partial charge is 0.200 e. The largest absolute Gasteiger partial charge is 0.461 e. The lowest BCUT2D eigenvalue weighted by Crippen LogP contribution is -2.15. The van der Waals surface area contributed by atoms with Crippen LogP contribution in [0, 0.1) is 11.6 Å². The number of ketones is 1. The van der Waals surface area contributed by atoms with Crippen LogP contribution < -0.4 is 0 Å². The highest BCUT2D eigenvalue weighted by Gasteiger charge is 2.25. The van der Waals surface area contributed by atoms with Gasteiger partial charge in [0.1, 0.15) is 0 Å². The number of benzene rings is 1. The molecule has 0 amide bonds. The van der Waals surface area contributed by atoms with Crippen molar-refractivity contribution in [1.82, 2.24) is 14.8 Å². The first-order chi connectivity index (χ1) is 13.6. The van der Waals surface area contributed by atoms with E-state index in [2.05, 4.69) is 14.8 Å². The highest BCUT2D eigenvalue weighted by atomic mass is 32.2. The monoisotopic (exact) mass is 403 g/mol. The molecule has 146 valence electrons. The van der Waals surface area contributed by atoms with Gasteiger partial charge in [-0.25, -0.2) is 8.78 Å². The van der Waals surface area contributed by atoms with Crippen LogP contribution in [0.3, 0.4) is 0 Å². The minimum Gasteiger partial charge on any atom is -0.461 e. The summed E-state index contributed by atoms with van der Waals surface area (Å²) < 4.78 is 34.0. The molecule has 1 aromatic carbocycles. The lowest BCUT2D eigenvalue weighted by Gasteiger charge is -2.25. The number of carbonyl (C=O) groups is 1. The standard InChI is InChI=1S/C20H19F2N3O2S/c21-15-9-8-13(11-16(15)22)17(26)12-28-20-24-23-19(18-7-4-10-27-18)25(20)14-5-2-1-3-6-14/h4,7-11,14H,1-3,5-6,12H2. The molecule has 8 heteroatoms. The van der Waals surface area contributed by atoms with Gasteiger partial charge in [-0.05, 0) is 43.2 Å². The Balaban J connectivity index is 1.57. The Morgan fingerprint density at radius 3 is 2.68 bits per heavy atom. The van der Waals surface area contributed by atoms with E-state index in [0.29, 0.717) is 16.7 Å². The summed E-state index contributed by atoms with van der Waals surface area (Å²) in [5.74, 6) is -0.933. The quantitative estimate of drug-likeness (QED) is 0.413. The third-order valence-electron chi connectivity index (χ3n) is 4.92. The van der Waals surface area contributed by atoms with E-state index in [1.165, 1.54) is 24.2 Å². The molecule has 0 atom stereocenters. The second-order valence-corrected chi connectivity index (χ2v) is 7.73. The Kier molecular flexibility index (Phi) is 5.57. The molecule has 0 spiro atoms. The number of thioether (sulfide) groups is 1. The molecule has 0 radical (unpaired) electrons. The van der Waals surface area contributed by atoms with Crippen LogP contribution >= 0.6 is 11.8 Å². The van der Waals surface area contributed by atoms with Gasteiger partial charge in [0, 0.05) is 11.6 Å². The minimum absolute atomic E-state index is 0.0636. The normalized spacial score (nSPS) is 15.1. The molecule has 1 aliphatic carbocycles. The van der Waals surface area contributed by atoms with E-state index < -0.39 is 11.6 Å². The molecular weight excluding hydrogens is 384 g/mol. The highest BCUT2D eigenvalue weighted by molar-refractivity contribution is 7.99. The number of nitrogens with zero attached hydrogens (tertiary/aromatic N) is 3. The van der Waals surface area contributed by atoms with Crippen molar-refractivity contribution in [3.05, 3.63) is 53.8 Å². The van der Waals surface area contributed by atoms with Gasteiger partial charge in [-0.1, -0.05) is 31.0 Å². The molecule has 0 N–H and O–H groups in total. The van der Waals surface area contributed by atoms with Crippen molar-refractivity contribution in [2.45, 2.75) is 43.3 Å². The average molecular weight is 403 g/mol. The molecule has 0 bridgehead atoms. The number of furan rings is 1. The van der Waals surface area contributed by atoms with E-state index in [1.807, 2.05) is 6.07 Å². The molecule has 3 aromatic rings. The van der Waals surface area contributed by atoms with Gasteiger partial charge < -0.3 is 4.42 Å². The molecule has 28 heavy (non-hydrogen) atoms. The first-order valence-electron chi connectivity index (χ1n) is 9.23. The van der Waals surface area contributed by atoms with Crippen molar-refractivity contribution >= 4 is 17.5 Å². The minimum atomic E-state index is -1.03. The summed E-state index contributed by atoms with van der Waals surface area (Å²) in [6.45, 7) is 0. The number of halogens is 2. The molecule has 2 heterocycles. The van der Waals surface area contributed by atoms with Crippen LogP contribution in [-0.2, 0) is 0 Å². The number of aromatic nitrogens is 3. The Bertz CT molecular complexity index is 966. The molecule has 0 unspecified atom stereocenters. The third kappa shape index (κ3) is 3.87. The van der Waals surface area contributed by atoms with Crippen LogP contribution in [0.1, 0.15) is 48.5 Å². The van der Waals surface area contributed by atoms with E-state index in [4.69, 9.17) is 4.42 Å². The van der Waals surface area contributed by atoms with E-state index in [-0.39, 0.29) is 23.1 Å². The first kappa shape index (κ1) is 18.9. The zero-order valence-corrected chi connectivity index (χ0v) is 15.9. The molecule has 0 aliphatic heterocycles. The maximum Gasteiger partial charge on any atom is 0.200 e. The van der Waals surface area contributed by atoms with Gasteiger partial charge in [0.25, 0.3) is 0 Å². The van der Waals surface area contributed by atoms with Gasteiger partial charge in [-0.2, -0.15) is 0 Å². The van der Waals surface area contributed by atoms with Crippen molar-refractivity contribution in [3.63, 3.8) is 0 Å². The first-order valence-corrected chi connectivity index (χ1v) is 10.2. The number of carbonyl (C=O) groups excluding carboxylic acids is 1. The summed E-state index contributed by atoms with van der Waals surface area (Å²) >= 11 is 1.25. The predicted molar refractivity (Wildman–Crippen MR) is 101 cm³/mol. The Morgan fingerprint density at radius 2 is 1.96 bits per heavy atom. The molecule has 4 rings (SSSR count). The SMILES string of the molecule is O=C(CSc1nnc(-c2ccco2)n1C1CCCCC1)c1ccc(F)c(F)c1. The fraction of sp³-hybridized carbons (Fsp3) is 0.350. The maximum atomic E-state index is 13.4. The van der Waals surface area contributed by atoms with Gasteiger partial charge in [0.15, 0.2) is 28.3 Å². The lowest BCUT2D eigenvalue weighted by atomic mass is 9.95. The van der Waals surface area contributed by atoms with E-state index >= 15 is 0 Å². The summed E-state index contributed by atoms with van der Waals surface area (Å²) in [5.41, 5.74) is 0.140. The summed E-state index contributed by atoms with van der Waals surface area (Å²) in [4.78, 5) is 12.4. The van der Waals surface area contributed by atoms with Crippen LogP contribution in [0.5, 0.6) is 0 Å². The summed E-state index contributed by atoms with van der Waals surface area (Å²) in [5, 5.41) is 9.20. The molecule has 1 aliphatic rings. The zero-order chi connectivity index (χ0) is 19.5. The van der Waals surface area contributed by atoms with Crippen molar-refractivity contribution in [3.8, 4) is 11.6 Å². The maximum absolute atomic E-state index is 13.4. The number of hydrogen-bond acceptors (Lipinski definition) is 5. The summed E-state index contributed by atoms with van der Waals surface area (Å²) in [6.07, 6.45) is 7.13. The van der Waals surface area contributed by atoms with Crippen LogP contribution in [-0.4, -0.2) is 26.3 Å².